The summed E-state index contributed by atoms with van der Waals surface area (Å²) in [6, 6.07) is 0. The fourth-order valence-electron chi connectivity index (χ4n) is 2.25. The molecule has 6 heteroatoms. The van der Waals surface area contributed by atoms with E-state index in [0.717, 1.165) is 25.7 Å². The molecule has 0 spiro atoms. The minimum atomic E-state index is -0.508. The molecule has 0 aliphatic heterocycles. The van der Waals surface area contributed by atoms with E-state index in [-0.39, 0.29) is 17.8 Å². The number of aliphatic hydroxyl groups is 1. The van der Waals surface area contributed by atoms with E-state index < -0.39 is 5.97 Å². The number of aromatic nitrogens is 2. The molecule has 1 saturated carbocycles. The second-order valence-corrected chi connectivity index (χ2v) is 4.55. The first kappa shape index (κ1) is 12.8. The van der Waals surface area contributed by atoms with Gasteiger partial charge in [-0.05, 0) is 12.8 Å². The number of carbonyl (C=O) groups is 1. The fourth-order valence-corrected chi connectivity index (χ4v) is 2.25. The van der Waals surface area contributed by atoms with Gasteiger partial charge in [-0.25, -0.2) is 14.8 Å². The summed E-state index contributed by atoms with van der Waals surface area (Å²) in [6.07, 6.45) is 6.90. The molecule has 0 saturated heterocycles. The van der Waals surface area contributed by atoms with Crippen LogP contribution in [0, 0.1) is 0 Å². The number of methoxy groups -OCH3 is 1. The van der Waals surface area contributed by atoms with Crippen LogP contribution in [-0.4, -0.2) is 40.3 Å². The van der Waals surface area contributed by atoms with Gasteiger partial charge >= 0.3 is 5.97 Å². The molecule has 0 atom stereocenters. The van der Waals surface area contributed by atoms with Crippen molar-refractivity contribution in [3.63, 3.8) is 0 Å². The number of nitrogens with one attached hydrogen (secondary N) is 1. The van der Waals surface area contributed by atoms with Gasteiger partial charge in [-0.3, -0.25) is 0 Å². The summed E-state index contributed by atoms with van der Waals surface area (Å²) in [4.78, 5) is 19.3. The molecule has 1 aliphatic rings. The lowest BCUT2D eigenvalue weighted by Gasteiger charge is -2.28. The molecule has 1 heterocycles. The van der Waals surface area contributed by atoms with Crippen molar-refractivity contribution in [2.75, 3.05) is 19.0 Å². The minimum Gasteiger partial charge on any atom is -0.464 e. The highest BCUT2D eigenvalue weighted by Crippen LogP contribution is 2.31. The SMILES string of the molecule is COC(=O)c1cnc(NC2(CO)CCCC2)cn1. The molecule has 2 N–H and O–H groups in total. The number of carbonyl (C=O) groups excluding carboxylic acids is 1. The number of hydrogen-bond acceptors (Lipinski definition) is 6. The van der Waals surface area contributed by atoms with Crippen molar-refractivity contribution in [3.8, 4) is 0 Å². The van der Waals surface area contributed by atoms with Crippen molar-refractivity contribution in [2.45, 2.75) is 31.2 Å². The summed E-state index contributed by atoms with van der Waals surface area (Å²) in [6.45, 7) is 0.0768. The zero-order chi connectivity index (χ0) is 13.0. The largest absolute Gasteiger partial charge is 0.464 e. The lowest BCUT2D eigenvalue weighted by molar-refractivity contribution is 0.0593. The maximum absolute atomic E-state index is 11.2. The lowest BCUT2D eigenvalue weighted by atomic mass is 9.99. The van der Waals surface area contributed by atoms with E-state index in [1.54, 1.807) is 0 Å². The second kappa shape index (κ2) is 5.30. The maximum Gasteiger partial charge on any atom is 0.358 e. The molecule has 0 bridgehead atoms. The molecule has 1 aliphatic carbocycles. The second-order valence-electron chi connectivity index (χ2n) is 4.55. The van der Waals surface area contributed by atoms with Crippen molar-refractivity contribution >= 4 is 11.8 Å². The van der Waals surface area contributed by atoms with Gasteiger partial charge in [0.1, 0.15) is 5.82 Å². The summed E-state index contributed by atoms with van der Waals surface area (Å²) < 4.78 is 4.55. The highest BCUT2D eigenvalue weighted by atomic mass is 16.5. The van der Waals surface area contributed by atoms with E-state index in [9.17, 15) is 9.90 Å². The third-order valence-electron chi connectivity index (χ3n) is 3.30. The Morgan fingerprint density at radius 3 is 2.67 bits per heavy atom. The highest BCUT2D eigenvalue weighted by molar-refractivity contribution is 5.86. The van der Waals surface area contributed by atoms with Gasteiger partial charge < -0.3 is 15.2 Å². The predicted octanol–water partition coefficient (Wildman–Crippen LogP) is 0.980. The van der Waals surface area contributed by atoms with E-state index in [1.165, 1.54) is 19.5 Å². The summed E-state index contributed by atoms with van der Waals surface area (Å²) in [5, 5.41) is 12.7. The van der Waals surface area contributed by atoms with Crippen molar-refractivity contribution in [3.05, 3.63) is 18.1 Å². The molecule has 1 fully saturated rings. The highest BCUT2D eigenvalue weighted by Gasteiger charge is 2.33. The van der Waals surface area contributed by atoms with Crippen LogP contribution >= 0.6 is 0 Å². The average molecular weight is 251 g/mol. The van der Waals surface area contributed by atoms with Crippen LogP contribution in [0.4, 0.5) is 5.82 Å². The quantitative estimate of drug-likeness (QED) is 0.776. The van der Waals surface area contributed by atoms with Crippen molar-refractivity contribution in [2.24, 2.45) is 0 Å². The molecular weight excluding hydrogens is 234 g/mol. The lowest BCUT2D eigenvalue weighted by Crippen LogP contribution is -2.39. The number of esters is 1. The Morgan fingerprint density at radius 1 is 1.44 bits per heavy atom. The Labute approximate surface area is 105 Å². The molecule has 2 rings (SSSR count). The Kier molecular flexibility index (Phi) is 3.76. The zero-order valence-corrected chi connectivity index (χ0v) is 10.3. The van der Waals surface area contributed by atoms with Crippen molar-refractivity contribution < 1.29 is 14.6 Å². The fraction of sp³-hybridized carbons (Fsp3) is 0.583. The Bertz CT molecular complexity index is 413. The Balaban J connectivity index is 2.08. The first-order valence-corrected chi connectivity index (χ1v) is 5.98. The molecule has 1 aromatic rings. The van der Waals surface area contributed by atoms with E-state index in [2.05, 4.69) is 20.0 Å². The Morgan fingerprint density at radius 2 is 2.17 bits per heavy atom. The van der Waals surface area contributed by atoms with Crippen LogP contribution in [0.25, 0.3) is 0 Å². The van der Waals surface area contributed by atoms with E-state index >= 15 is 0 Å². The van der Waals surface area contributed by atoms with Crippen LogP contribution in [0.2, 0.25) is 0 Å². The van der Waals surface area contributed by atoms with Gasteiger partial charge in [0.15, 0.2) is 5.69 Å². The van der Waals surface area contributed by atoms with Gasteiger partial charge in [-0.1, -0.05) is 12.8 Å². The first-order chi connectivity index (χ1) is 8.69. The molecule has 98 valence electrons. The molecule has 1 aromatic heterocycles. The van der Waals surface area contributed by atoms with Gasteiger partial charge in [-0.15, -0.1) is 0 Å². The molecule has 6 nitrogen and oxygen atoms in total. The third kappa shape index (κ3) is 2.59. The van der Waals surface area contributed by atoms with Gasteiger partial charge in [-0.2, -0.15) is 0 Å². The average Bonchev–Trinajstić information content (AvgIpc) is 2.88. The van der Waals surface area contributed by atoms with Crippen LogP contribution in [0.5, 0.6) is 0 Å². The summed E-state index contributed by atoms with van der Waals surface area (Å²) in [7, 11) is 1.30. The predicted molar refractivity (Wildman–Crippen MR) is 65.3 cm³/mol. The van der Waals surface area contributed by atoms with Crippen molar-refractivity contribution in [1.29, 1.82) is 0 Å². The van der Waals surface area contributed by atoms with Crippen LogP contribution in [0.15, 0.2) is 12.4 Å². The van der Waals surface area contributed by atoms with Crippen LogP contribution in [0.1, 0.15) is 36.2 Å². The van der Waals surface area contributed by atoms with Crippen LogP contribution in [0.3, 0.4) is 0 Å². The molecule has 0 aromatic carbocycles. The zero-order valence-electron chi connectivity index (χ0n) is 10.3. The Hall–Kier alpha value is -1.69. The van der Waals surface area contributed by atoms with Gasteiger partial charge in [0, 0.05) is 0 Å². The summed E-state index contributed by atoms with van der Waals surface area (Å²) in [5.41, 5.74) is -0.117. The first-order valence-electron chi connectivity index (χ1n) is 5.98. The molecule has 0 amide bonds. The normalized spacial score (nSPS) is 17.4. The number of anilines is 1. The van der Waals surface area contributed by atoms with E-state index in [1.807, 2.05) is 0 Å². The minimum absolute atomic E-state index is 0.0768. The van der Waals surface area contributed by atoms with Crippen LogP contribution < -0.4 is 5.32 Å². The molecule has 0 radical (unpaired) electrons. The monoisotopic (exact) mass is 251 g/mol. The summed E-state index contributed by atoms with van der Waals surface area (Å²) >= 11 is 0. The van der Waals surface area contributed by atoms with Gasteiger partial charge in [0.05, 0.1) is 31.6 Å². The standard InChI is InChI=1S/C12H17N3O3/c1-18-11(17)9-6-14-10(7-13-9)15-12(8-16)4-2-3-5-12/h6-7,16H,2-5,8H2,1H3,(H,14,15). The van der Waals surface area contributed by atoms with Crippen molar-refractivity contribution in [1.82, 2.24) is 9.97 Å². The molecule has 0 unspecified atom stereocenters. The van der Waals surface area contributed by atoms with E-state index in [0.29, 0.717) is 5.82 Å². The number of rotatable bonds is 4. The number of hydrogen-bond donors (Lipinski definition) is 2. The van der Waals surface area contributed by atoms with E-state index in [4.69, 9.17) is 0 Å². The maximum atomic E-state index is 11.2. The topological polar surface area (TPSA) is 84.3 Å². The smallest absolute Gasteiger partial charge is 0.358 e. The van der Waals surface area contributed by atoms with Gasteiger partial charge in [0.25, 0.3) is 0 Å². The molecule has 18 heavy (non-hydrogen) atoms. The third-order valence-corrected chi connectivity index (χ3v) is 3.30. The van der Waals surface area contributed by atoms with Gasteiger partial charge in [0.2, 0.25) is 0 Å². The number of nitrogens with zero attached hydrogens (tertiary/aromatic N) is 2. The number of ether oxygens (including phenoxy) is 1. The number of aliphatic hydroxyl groups excluding tert-OH is 1. The molecular formula is C12H17N3O3. The van der Waals surface area contributed by atoms with Crippen LogP contribution in [-0.2, 0) is 4.74 Å². The summed E-state index contributed by atoms with van der Waals surface area (Å²) in [5.74, 6) is 0.0605.